The van der Waals surface area contributed by atoms with Gasteiger partial charge < -0.3 is 20.5 Å². The molecule has 0 saturated carbocycles. The standard InChI is InChI=1S/C13H21N3O3/c1-10(2)8-19-9-12(17)7-15-13(18)16-11-4-3-5-14-6-11/h3-6,10,12,17H,7-9H2,1-2H3,(H2,15,16,18). The summed E-state index contributed by atoms with van der Waals surface area (Å²) >= 11 is 0. The maximum atomic E-state index is 11.5. The molecule has 1 heterocycles. The molecule has 1 unspecified atom stereocenters. The first kappa shape index (κ1) is 15.4. The van der Waals surface area contributed by atoms with Crippen molar-refractivity contribution in [2.24, 2.45) is 5.92 Å². The number of anilines is 1. The minimum Gasteiger partial charge on any atom is -0.389 e. The number of hydrogen-bond acceptors (Lipinski definition) is 4. The second-order valence-corrected chi connectivity index (χ2v) is 4.66. The molecule has 0 aliphatic heterocycles. The molecule has 0 aliphatic rings. The highest BCUT2D eigenvalue weighted by Crippen LogP contribution is 2.01. The highest BCUT2D eigenvalue weighted by Gasteiger charge is 2.07. The maximum absolute atomic E-state index is 11.5. The molecule has 2 amide bonds. The van der Waals surface area contributed by atoms with Crippen molar-refractivity contribution in [1.82, 2.24) is 10.3 Å². The number of amides is 2. The Morgan fingerprint density at radius 3 is 2.89 bits per heavy atom. The van der Waals surface area contributed by atoms with Crippen molar-refractivity contribution in [3.8, 4) is 0 Å². The molecule has 19 heavy (non-hydrogen) atoms. The Morgan fingerprint density at radius 2 is 2.26 bits per heavy atom. The van der Waals surface area contributed by atoms with Crippen molar-refractivity contribution < 1.29 is 14.6 Å². The van der Waals surface area contributed by atoms with E-state index < -0.39 is 6.10 Å². The van der Waals surface area contributed by atoms with Gasteiger partial charge in [-0.05, 0) is 18.1 Å². The van der Waals surface area contributed by atoms with E-state index in [0.29, 0.717) is 18.2 Å². The van der Waals surface area contributed by atoms with Crippen molar-refractivity contribution >= 4 is 11.7 Å². The molecule has 0 saturated heterocycles. The summed E-state index contributed by atoms with van der Waals surface area (Å²) in [5.74, 6) is 0.425. The van der Waals surface area contributed by atoms with E-state index in [0.717, 1.165) is 0 Å². The van der Waals surface area contributed by atoms with Crippen LogP contribution >= 0.6 is 0 Å². The van der Waals surface area contributed by atoms with Gasteiger partial charge in [0.05, 0.1) is 24.6 Å². The molecule has 0 aliphatic carbocycles. The van der Waals surface area contributed by atoms with Gasteiger partial charge in [-0.25, -0.2) is 4.79 Å². The first-order valence-corrected chi connectivity index (χ1v) is 6.28. The Labute approximate surface area is 113 Å². The van der Waals surface area contributed by atoms with Crippen LogP contribution in [0, 0.1) is 5.92 Å². The summed E-state index contributed by atoms with van der Waals surface area (Å²) in [5.41, 5.74) is 0.602. The second-order valence-electron chi connectivity index (χ2n) is 4.66. The Bertz CT molecular complexity index is 371. The number of rotatable bonds is 7. The van der Waals surface area contributed by atoms with Crippen molar-refractivity contribution in [2.75, 3.05) is 25.1 Å². The number of aromatic nitrogens is 1. The number of nitrogens with one attached hydrogen (secondary N) is 2. The van der Waals surface area contributed by atoms with Crippen molar-refractivity contribution in [3.63, 3.8) is 0 Å². The van der Waals surface area contributed by atoms with Crippen LogP contribution in [0.15, 0.2) is 24.5 Å². The first-order valence-electron chi connectivity index (χ1n) is 6.28. The molecule has 1 atom stereocenters. The monoisotopic (exact) mass is 267 g/mol. The summed E-state index contributed by atoms with van der Waals surface area (Å²) < 4.78 is 5.28. The minimum atomic E-state index is -0.710. The summed E-state index contributed by atoms with van der Waals surface area (Å²) in [6.07, 6.45) is 2.46. The third kappa shape index (κ3) is 7.38. The van der Waals surface area contributed by atoms with E-state index in [9.17, 15) is 9.90 Å². The molecule has 3 N–H and O–H groups in total. The minimum absolute atomic E-state index is 0.143. The zero-order valence-electron chi connectivity index (χ0n) is 11.3. The average molecular weight is 267 g/mol. The van der Waals surface area contributed by atoms with Gasteiger partial charge in [0.1, 0.15) is 0 Å². The molecule has 0 spiro atoms. The van der Waals surface area contributed by atoms with Gasteiger partial charge in [-0.15, -0.1) is 0 Å². The number of urea groups is 1. The second kappa shape index (κ2) is 8.44. The molecule has 0 aromatic carbocycles. The third-order valence-corrected chi connectivity index (χ3v) is 2.18. The van der Waals surface area contributed by atoms with E-state index in [2.05, 4.69) is 15.6 Å². The SMILES string of the molecule is CC(C)COCC(O)CNC(=O)Nc1cccnc1. The van der Waals surface area contributed by atoms with Gasteiger partial charge in [-0.1, -0.05) is 13.8 Å². The lowest BCUT2D eigenvalue weighted by Crippen LogP contribution is -2.37. The van der Waals surface area contributed by atoms with Gasteiger partial charge in [0.15, 0.2) is 0 Å². The normalized spacial score (nSPS) is 12.2. The smallest absolute Gasteiger partial charge is 0.319 e. The average Bonchev–Trinajstić information content (AvgIpc) is 2.37. The molecule has 6 heteroatoms. The van der Waals surface area contributed by atoms with Crippen LogP contribution in [-0.4, -0.2) is 42.0 Å². The van der Waals surface area contributed by atoms with E-state index in [1.165, 1.54) is 0 Å². The van der Waals surface area contributed by atoms with E-state index in [1.54, 1.807) is 24.5 Å². The number of carbonyl (C=O) groups is 1. The van der Waals surface area contributed by atoms with Gasteiger partial charge in [0.2, 0.25) is 0 Å². The summed E-state index contributed by atoms with van der Waals surface area (Å²) in [4.78, 5) is 15.4. The molecule has 106 valence electrons. The summed E-state index contributed by atoms with van der Waals surface area (Å²) in [7, 11) is 0. The predicted octanol–water partition coefficient (Wildman–Crippen LogP) is 1.24. The van der Waals surface area contributed by atoms with Crippen molar-refractivity contribution in [2.45, 2.75) is 20.0 Å². The first-order chi connectivity index (χ1) is 9.08. The number of aliphatic hydroxyl groups is 1. The lowest BCUT2D eigenvalue weighted by molar-refractivity contribution is 0.0274. The number of nitrogens with zero attached hydrogens (tertiary/aromatic N) is 1. The van der Waals surface area contributed by atoms with E-state index in [4.69, 9.17) is 4.74 Å². The topological polar surface area (TPSA) is 83.5 Å². The lowest BCUT2D eigenvalue weighted by Gasteiger charge is -2.13. The molecular formula is C13H21N3O3. The predicted molar refractivity (Wildman–Crippen MR) is 72.9 cm³/mol. The summed E-state index contributed by atoms with van der Waals surface area (Å²) in [6, 6.07) is 3.08. The van der Waals surface area contributed by atoms with Crippen LogP contribution in [0.4, 0.5) is 10.5 Å². The fraction of sp³-hybridized carbons (Fsp3) is 0.538. The lowest BCUT2D eigenvalue weighted by atomic mass is 10.2. The zero-order valence-corrected chi connectivity index (χ0v) is 11.3. The van der Waals surface area contributed by atoms with Gasteiger partial charge in [-0.2, -0.15) is 0 Å². The number of ether oxygens (including phenoxy) is 1. The van der Waals surface area contributed by atoms with Crippen LogP contribution in [0.1, 0.15) is 13.8 Å². The highest BCUT2D eigenvalue weighted by atomic mass is 16.5. The Kier molecular flexibility index (Phi) is 6.84. The molecule has 1 aromatic heterocycles. The highest BCUT2D eigenvalue weighted by molar-refractivity contribution is 5.88. The number of carbonyl (C=O) groups excluding carboxylic acids is 1. The number of aliphatic hydroxyl groups excluding tert-OH is 1. The van der Waals surface area contributed by atoms with Gasteiger partial charge >= 0.3 is 6.03 Å². The third-order valence-electron chi connectivity index (χ3n) is 2.18. The summed E-state index contributed by atoms with van der Waals surface area (Å²) in [6.45, 7) is 5.02. The van der Waals surface area contributed by atoms with Crippen LogP contribution in [0.25, 0.3) is 0 Å². The zero-order chi connectivity index (χ0) is 14.1. The van der Waals surface area contributed by atoms with E-state index in [-0.39, 0.29) is 19.2 Å². The molecule has 0 bridgehead atoms. The molecule has 1 aromatic rings. The van der Waals surface area contributed by atoms with Crippen LogP contribution in [0.2, 0.25) is 0 Å². The quantitative estimate of drug-likeness (QED) is 0.694. The fourth-order valence-electron chi connectivity index (χ4n) is 1.32. The van der Waals surface area contributed by atoms with Crippen LogP contribution in [0.5, 0.6) is 0 Å². The van der Waals surface area contributed by atoms with Gasteiger partial charge in [0, 0.05) is 19.3 Å². The van der Waals surface area contributed by atoms with Crippen LogP contribution in [-0.2, 0) is 4.74 Å². The molecule has 0 radical (unpaired) electrons. The molecular weight excluding hydrogens is 246 g/mol. The van der Waals surface area contributed by atoms with Crippen molar-refractivity contribution in [1.29, 1.82) is 0 Å². The Balaban J connectivity index is 2.16. The van der Waals surface area contributed by atoms with Gasteiger partial charge in [-0.3, -0.25) is 4.98 Å². The van der Waals surface area contributed by atoms with Crippen LogP contribution in [0.3, 0.4) is 0 Å². The maximum Gasteiger partial charge on any atom is 0.319 e. The fourth-order valence-corrected chi connectivity index (χ4v) is 1.32. The Morgan fingerprint density at radius 1 is 1.47 bits per heavy atom. The molecule has 6 nitrogen and oxygen atoms in total. The van der Waals surface area contributed by atoms with Crippen LogP contribution < -0.4 is 10.6 Å². The van der Waals surface area contributed by atoms with E-state index >= 15 is 0 Å². The van der Waals surface area contributed by atoms with Gasteiger partial charge in [0.25, 0.3) is 0 Å². The molecule has 0 fully saturated rings. The largest absolute Gasteiger partial charge is 0.389 e. The molecule has 1 rings (SSSR count). The Hall–Kier alpha value is -1.66. The number of pyridine rings is 1. The number of hydrogen-bond donors (Lipinski definition) is 3. The van der Waals surface area contributed by atoms with E-state index in [1.807, 2.05) is 13.8 Å². The van der Waals surface area contributed by atoms with Crippen molar-refractivity contribution in [3.05, 3.63) is 24.5 Å². The summed E-state index contributed by atoms with van der Waals surface area (Å²) in [5, 5.41) is 14.8.